The predicted molar refractivity (Wildman–Crippen MR) is 124 cm³/mol. The molecule has 1 rings (SSSR count). The van der Waals surface area contributed by atoms with E-state index in [4.69, 9.17) is 9.47 Å². The maximum Gasteiger partial charge on any atom is 0.253 e. The quantitative estimate of drug-likeness (QED) is 0.203. The molecule has 11 nitrogen and oxygen atoms in total. The standard InChI is InChI=1S/C23H38N4O7/c1-15(2)14-24-22(31)17(5)25-23(32)21(16(3)4)26-18(28)8-10-33-12-13-34-11-9-27-19(29)6-7-20(27)30/h6-7,15-17,21H,8-14H2,1-5H3,(H,24,31)(H,25,32)(H,26,28)/t17-,21-/m0/s1. The molecule has 34 heavy (non-hydrogen) atoms. The van der Waals surface area contributed by atoms with Crippen LogP contribution in [0.2, 0.25) is 0 Å². The normalized spacial score (nSPS) is 15.1. The van der Waals surface area contributed by atoms with Gasteiger partial charge in [-0.15, -0.1) is 0 Å². The maximum absolute atomic E-state index is 12.6. The van der Waals surface area contributed by atoms with Gasteiger partial charge in [-0.05, 0) is 18.8 Å². The molecule has 1 aliphatic heterocycles. The van der Waals surface area contributed by atoms with Crippen LogP contribution in [-0.4, -0.2) is 86.0 Å². The molecule has 3 N–H and O–H groups in total. The highest BCUT2D eigenvalue weighted by atomic mass is 16.5. The van der Waals surface area contributed by atoms with E-state index in [1.807, 2.05) is 13.8 Å². The average molecular weight is 483 g/mol. The molecule has 0 aromatic carbocycles. The Morgan fingerprint density at radius 2 is 1.44 bits per heavy atom. The molecule has 0 aromatic heterocycles. The fourth-order valence-corrected chi connectivity index (χ4v) is 2.90. The highest BCUT2D eigenvalue weighted by molar-refractivity contribution is 6.12. The van der Waals surface area contributed by atoms with Crippen LogP contribution < -0.4 is 16.0 Å². The van der Waals surface area contributed by atoms with Crippen LogP contribution in [0.25, 0.3) is 0 Å². The molecule has 192 valence electrons. The van der Waals surface area contributed by atoms with Crippen LogP contribution in [-0.2, 0) is 33.4 Å². The zero-order valence-electron chi connectivity index (χ0n) is 20.7. The number of amides is 5. The summed E-state index contributed by atoms with van der Waals surface area (Å²) in [4.78, 5) is 60.8. The first-order valence-corrected chi connectivity index (χ1v) is 11.6. The molecule has 0 bridgehead atoms. The summed E-state index contributed by atoms with van der Waals surface area (Å²) in [5.41, 5.74) is 0. The summed E-state index contributed by atoms with van der Waals surface area (Å²) in [6.45, 7) is 10.7. The molecular weight excluding hydrogens is 444 g/mol. The number of carbonyl (C=O) groups excluding carboxylic acids is 5. The van der Waals surface area contributed by atoms with Crippen LogP contribution in [0.5, 0.6) is 0 Å². The minimum Gasteiger partial charge on any atom is -0.379 e. The zero-order chi connectivity index (χ0) is 25.7. The van der Waals surface area contributed by atoms with Crippen molar-refractivity contribution in [3.05, 3.63) is 12.2 Å². The van der Waals surface area contributed by atoms with E-state index in [-0.39, 0.29) is 68.9 Å². The number of nitrogens with one attached hydrogen (secondary N) is 3. The first kappa shape index (κ1) is 29.2. The van der Waals surface area contributed by atoms with E-state index in [0.29, 0.717) is 12.5 Å². The predicted octanol–water partition coefficient (Wildman–Crippen LogP) is -0.248. The second kappa shape index (κ2) is 15.2. The molecule has 0 radical (unpaired) electrons. The molecule has 1 aliphatic rings. The minimum absolute atomic E-state index is 0.0589. The molecule has 2 atom stereocenters. The Morgan fingerprint density at radius 1 is 0.853 bits per heavy atom. The number of nitrogens with zero attached hydrogens (tertiary/aromatic N) is 1. The topological polar surface area (TPSA) is 143 Å². The van der Waals surface area contributed by atoms with Gasteiger partial charge in [0.1, 0.15) is 12.1 Å². The van der Waals surface area contributed by atoms with Crippen molar-refractivity contribution < 1.29 is 33.4 Å². The number of carbonyl (C=O) groups is 5. The second-order valence-electron chi connectivity index (χ2n) is 8.79. The van der Waals surface area contributed by atoms with Crippen LogP contribution in [0.4, 0.5) is 0 Å². The van der Waals surface area contributed by atoms with Crippen LogP contribution in [0, 0.1) is 11.8 Å². The molecular formula is C23H38N4O7. The summed E-state index contributed by atoms with van der Waals surface area (Å²) in [5.74, 6) is -1.62. The molecule has 1 heterocycles. The first-order valence-electron chi connectivity index (χ1n) is 11.6. The fourth-order valence-electron chi connectivity index (χ4n) is 2.90. The first-order chi connectivity index (χ1) is 16.0. The van der Waals surface area contributed by atoms with E-state index >= 15 is 0 Å². The SMILES string of the molecule is CC(C)CNC(=O)[C@H](C)NC(=O)[C@@H](NC(=O)CCOCCOCCN1C(=O)C=CC1=O)C(C)C. The van der Waals surface area contributed by atoms with Gasteiger partial charge in [0.15, 0.2) is 0 Å². The van der Waals surface area contributed by atoms with Gasteiger partial charge in [-0.2, -0.15) is 0 Å². The van der Waals surface area contributed by atoms with E-state index in [0.717, 1.165) is 4.90 Å². The lowest BCUT2D eigenvalue weighted by molar-refractivity contribution is -0.137. The van der Waals surface area contributed by atoms with Crippen molar-refractivity contribution in [3.8, 4) is 0 Å². The van der Waals surface area contributed by atoms with Crippen molar-refractivity contribution in [1.29, 1.82) is 0 Å². The van der Waals surface area contributed by atoms with Crippen molar-refractivity contribution >= 4 is 29.5 Å². The molecule has 0 aliphatic carbocycles. The van der Waals surface area contributed by atoms with E-state index in [1.165, 1.54) is 12.2 Å². The third kappa shape index (κ3) is 10.9. The fraction of sp³-hybridized carbons (Fsp3) is 0.696. The van der Waals surface area contributed by atoms with E-state index in [9.17, 15) is 24.0 Å². The van der Waals surface area contributed by atoms with Gasteiger partial charge in [0.05, 0.1) is 33.0 Å². The Kier molecular flexibility index (Phi) is 13.1. The maximum atomic E-state index is 12.6. The smallest absolute Gasteiger partial charge is 0.253 e. The molecule has 0 unspecified atom stereocenters. The Morgan fingerprint density at radius 3 is 2.00 bits per heavy atom. The molecule has 0 aromatic rings. The highest BCUT2D eigenvalue weighted by Gasteiger charge is 2.27. The molecule has 0 saturated heterocycles. The second-order valence-corrected chi connectivity index (χ2v) is 8.79. The van der Waals surface area contributed by atoms with Crippen molar-refractivity contribution in [1.82, 2.24) is 20.9 Å². The molecule has 5 amide bonds. The summed E-state index contributed by atoms with van der Waals surface area (Å²) < 4.78 is 10.7. The van der Waals surface area contributed by atoms with Crippen molar-refractivity contribution in [2.45, 2.75) is 53.1 Å². The largest absolute Gasteiger partial charge is 0.379 e. The van der Waals surface area contributed by atoms with Gasteiger partial charge in [0, 0.05) is 25.1 Å². The third-order valence-electron chi connectivity index (χ3n) is 4.91. The van der Waals surface area contributed by atoms with Gasteiger partial charge in [-0.3, -0.25) is 28.9 Å². The van der Waals surface area contributed by atoms with E-state index in [1.54, 1.807) is 20.8 Å². The van der Waals surface area contributed by atoms with Gasteiger partial charge >= 0.3 is 0 Å². The molecule has 0 saturated carbocycles. The Balaban J connectivity index is 2.23. The summed E-state index contributed by atoms with van der Waals surface area (Å²) in [6.07, 6.45) is 2.49. The number of imide groups is 1. The van der Waals surface area contributed by atoms with Crippen LogP contribution >= 0.6 is 0 Å². The van der Waals surface area contributed by atoms with Crippen LogP contribution in [0.1, 0.15) is 41.0 Å². The van der Waals surface area contributed by atoms with E-state index in [2.05, 4.69) is 16.0 Å². The lowest BCUT2D eigenvalue weighted by Crippen LogP contribution is -2.54. The average Bonchev–Trinajstić information content (AvgIpc) is 3.08. The number of hydrogen-bond acceptors (Lipinski definition) is 7. The van der Waals surface area contributed by atoms with Crippen LogP contribution in [0.3, 0.4) is 0 Å². The van der Waals surface area contributed by atoms with Gasteiger partial charge < -0.3 is 25.4 Å². The van der Waals surface area contributed by atoms with Crippen molar-refractivity contribution in [2.75, 3.05) is 39.5 Å². The Labute approximate surface area is 201 Å². The lowest BCUT2D eigenvalue weighted by atomic mass is 10.0. The van der Waals surface area contributed by atoms with Crippen LogP contribution in [0.15, 0.2) is 12.2 Å². The van der Waals surface area contributed by atoms with Gasteiger partial charge in [0.2, 0.25) is 17.7 Å². The summed E-state index contributed by atoms with van der Waals surface area (Å²) in [6, 6.07) is -1.49. The van der Waals surface area contributed by atoms with Crippen molar-refractivity contribution in [3.63, 3.8) is 0 Å². The molecule has 0 fully saturated rings. The number of ether oxygens (including phenoxy) is 2. The summed E-state index contributed by atoms with van der Waals surface area (Å²) in [5, 5.41) is 8.10. The highest BCUT2D eigenvalue weighted by Crippen LogP contribution is 2.04. The summed E-state index contributed by atoms with van der Waals surface area (Å²) in [7, 11) is 0. The molecule has 11 heteroatoms. The van der Waals surface area contributed by atoms with E-state index < -0.39 is 18.0 Å². The number of hydrogen-bond donors (Lipinski definition) is 3. The lowest BCUT2D eigenvalue weighted by Gasteiger charge is -2.24. The van der Waals surface area contributed by atoms with Crippen molar-refractivity contribution in [2.24, 2.45) is 11.8 Å². The zero-order valence-corrected chi connectivity index (χ0v) is 20.7. The van der Waals surface area contributed by atoms with Gasteiger partial charge in [0.25, 0.3) is 11.8 Å². The Bertz CT molecular complexity index is 734. The van der Waals surface area contributed by atoms with Gasteiger partial charge in [-0.1, -0.05) is 27.7 Å². The number of rotatable bonds is 16. The molecule has 0 spiro atoms. The third-order valence-corrected chi connectivity index (χ3v) is 4.91. The Hall–Kier alpha value is -2.79. The van der Waals surface area contributed by atoms with Gasteiger partial charge in [-0.25, -0.2) is 0 Å². The monoisotopic (exact) mass is 482 g/mol. The summed E-state index contributed by atoms with van der Waals surface area (Å²) >= 11 is 0. The minimum atomic E-state index is -0.776.